The van der Waals surface area contributed by atoms with Gasteiger partial charge in [0.25, 0.3) is 0 Å². The van der Waals surface area contributed by atoms with Crippen LogP contribution in [0.5, 0.6) is 0 Å². The maximum absolute atomic E-state index is 14.4. The van der Waals surface area contributed by atoms with Crippen molar-refractivity contribution in [2.45, 2.75) is 32.9 Å². The number of nitrogens with two attached hydrogens (primary N) is 1. The molecule has 3 N–H and O–H groups in total. The van der Waals surface area contributed by atoms with Crippen LogP contribution in [0, 0.1) is 31.3 Å². The number of carbonyl (C=O) groups is 1. The molecule has 3 aromatic carbocycles. The predicted octanol–water partition coefficient (Wildman–Crippen LogP) is 6.16. The number of rotatable bonds is 8. The zero-order valence-corrected chi connectivity index (χ0v) is 22.6. The van der Waals surface area contributed by atoms with Crippen molar-refractivity contribution < 1.29 is 18.0 Å². The van der Waals surface area contributed by atoms with Gasteiger partial charge in [-0.3, -0.25) is 14.5 Å². The molecule has 0 aliphatic carbocycles. The number of amides is 1. The SMILES string of the molecule is C=C(N)c1cc(-c2cccnc2[C@H](Cc2cc(F)cc(F)c2)NC(=O)Cn2ncc3cc(C)c(C)cc32)ccc1F. The van der Waals surface area contributed by atoms with Crippen molar-refractivity contribution >= 4 is 22.5 Å². The van der Waals surface area contributed by atoms with E-state index in [0.29, 0.717) is 22.4 Å². The molecule has 0 saturated carbocycles. The average molecular weight is 556 g/mol. The first kappa shape index (κ1) is 27.6. The fourth-order valence-electron chi connectivity index (χ4n) is 4.91. The molecule has 5 rings (SSSR count). The first-order valence-corrected chi connectivity index (χ1v) is 13.0. The van der Waals surface area contributed by atoms with Crippen molar-refractivity contribution in [1.82, 2.24) is 20.1 Å². The predicted molar refractivity (Wildman–Crippen MR) is 153 cm³/mol. The van der Waals surface area contributed by atoms with Crippen LogP contribution in [0.2, 0.25) is 0 Å². The Morgan fingerprint density at radius 3 is 2.49 bits per heavy atom. The number of aromatic nitrogens is 3. The van der Waals surface area contributed by atoms with E-state index in [1.807, 2.05) is 26.0 Å². The summed E-state index contributed by atoms with van der Waals surface area (Å²) < 4.78 is 44.2. The summed E-state index contributed by atoms with van der Waals surface area (Å²) in [4.78, 5) is 18.0. The monoisotopic (exact) mass is 555 g/mol. The van der Waals surface area contributed by atoms with Crippen LogP contribution in [0.25, 0.3) is 27.7 Å². The van der Waals surface area contributed by atoms with Crippen LogP contribution in [-0.2, 0) is 17.8 Å². The molecule has 208 valence electrons. The van der Waals surface area contributed by atoms with Gasteiger partial charge >= 0.3 is 0 Å². The average Bonchev–Trinajstić information content (AvgIpc) is 3.28. The van der Waals surface area contributed by atoms with E-state index in [-0.39, 0.29) is 30.1 Å². The zero-order chi connectivity index (χ0) is 29.3. The minimum absolute atomic E-state index is 0.0419. The molecule has 1 amide bonds. The van der Waals surface area contributed by atoms with Crippen molar-refractivity contribution in [1.29, 1.82) is 0 Å². The smallest absolute Gasteiger partial charge is 0.242 e. The maximum Gasteiger partial charge on any atom is 0.242 e. The number of halogens is 3. The molecule has 0 spiro atoms. The molecular weight excluding hydrogens is 527 g/mol. The minimum atomic E-state index is -0.791. The molecule has 41 heavy (non-hydrogen) atoms. The Balaban J connectivity index is 1.53. The molecule has 0 aliphatic heterocycles. The second kappa shape index (κ2) is 11.3. The zero-order valence-electron chi connectivity index (χ0n) is 22.6. The number of carbonyl (C=O) groups excluding carboxylic acids is 1. The first-order valence-electron chi connectivity index (χ1n) is 13.0. The largest absolute Gasteiger partial charge is 0.399 e. The summed E-state index contributed by atoms with van der Waals surface area (Å²) in [5.74, 6) is -2.36. The molecule has 6 nitrogen and oxygen atoms in total. The maximum atomic E-state index is 14.4. The molecule has 0 bridgehead atoms. The molecule has 5 aromatic rings. The van der Waals surface area contributed by atoms with Crippen molar-refractivity contribution in [3.63, 3.8) is 0 Å². The summed E-state index contributed by atoms with van der Waals surface area (Å²) in [6.45, 7) is 7.56. The van der Waals surface area contributed by atoms with Crippen molar-refractivity contribution in [3.05, 3.63) is 125 Å². The fourth-order valence-corrected chi connectivity index (χ4v) is 4.91. The molecule has 9 heteroatoms. The molecule has 1 atom stereocenters. The van der Waals surface area contributed by atoms with Crippen LogP contribution in [0.15, 0.2) is 79.6 Å². The van der Waals surface area contributed by atoms with Gasteiger partial charge in [-0.1, -0.05) is 18.7 Å². The van der Waals surface area contributed by atoms with Gasteiger partial charge in [-0.05, 0) is 85.0 Å². The van der Waals surface area contributed by atoms with Gasteiger partial charge < -0.3 is 11.1 Å². The second-order valence-corrected chi connectivity index (χ2v) is 10.1. The fraction of sp³-hybridized carbons (Fsp3) is 0.156. The van der Waals surface area contributed by atoms with Gasteiger partial charge in [-0.2, -0.15) is 5.10 Å². The molecule has 0 saturated heterocycles. The Kier molecular flexibility index (Phi) is 7.61. The first-order chi connectivity index (χ1) is 19.6. The van der Waals surface area contributed by atoms with Crippen LogP contribution in [0.3, 0.4) is 0 Å². The number of nitrogens with one attached hydrogen (secondary N) is 1. The highest BCUT2D eigenvalue weighted by atomic mass is 19.1. The van der Waals surface area contributed by atoms with E-state index in [2.05, 4.69) is 22.0 Å². The van der Waals surface area contributed by atoms with Crippen LogP contribution in [0.1, 0.15) is 34.0 Å². The van der Waals surface area contributed by atoms with Crippen LogP contribution < -0.4 is 11.1 Å². The van der Waals surface area contributed by atoms with Gasteiger partial charge in [-0.25, -0.2) is 13.2 Å². The van der Waals surface area contributed by atoms with E-state index >= 15 is 0 Å². The van der Waals surface area contributed by atoms with Gasteiger partial charge in [0.2, 0.25) is 5.91 Å². The third kappa shape index (κ3) is 5.99. The number of hydrogen-bond acceptors (Lipinski definition) is 4. The highest BCUT2D eigenvalue weighted by Crippen LogP contribution is 2.31. The van der Waals surface area contributed by atoms with Gasteiger partial charge in [-0.15, -0.1) is 0 Å². The normalized spacial score (nSPS) is 11.9. The molecule has 0 radical (unpaired) electrons. The molecule has 2 heterocycles. The van der Waals surface area contributed by atoms with E-state index in [4.69, 9.17) is 5.73 Å². The molecule has 0 unspecified atom stereocenters. The molecule has 2 aromatic heterocycles. The topological polar surface area (TPSA) is 85.8 Å². The Labute approximate surface area is 235 Å². The van der Waals surface area contributed by atoms with E-state index < -0.39 is 23.5 Å². The Morgan fingerprint density at radius 2 is 1.76 bits per heavy atom. The van der Waals surface area contributed by atoms with Gasteiger partial charge in [0.1, 0.15) is 24.0 Å². The highest BCUT2D eigenvalue weighted by Gasteiger charge is 2.23. The van der Waals surface area contributed by atoms with Crippen LogP contribution in [0.4, 0.5) is 13.2 Å². The lowest BCUT2D eigenvalue weighted by molar-refractivity contribution is -0.122. The van der Waals surface area contributed by atoms with Crippen LogP contribution >= 0.6 is 0 Å². The van der Waals surface area contributed by atoms with Gasteiger partial charge in [0.15, 0.2) is 0 Å². The van der Waals surface area contributed by atoms with Gasteiger partial charge in [0.05, 0.1) is 23.4 Å². The number of pyridine rings is 1. The van der Waals surface area contributed by atoms with Crippen molar-refractivity contribution in [3.8, 4) is 11.1 Å². The minimum Gasteiger partial charge on any atom is -0.399 e. The summed E-state index contributed by atoms with van der Waals surface area (Å²) in [7, 11) is 0. The Bertz CT molecular complexity index is 1780. The van der Waals surface area contributed by atoms with E-state index in [0.717, 1.165) is 28.1 Å². The standard InChI is InChI=1S/C32H28F3N5O/c1-18-9-23-16-38-40(30(23)10-19(18)2)17-31(41)39-29(13-21-11-24(33)15-25(34)12-21)32-26(5-4-8-37-32)22-6-7-28(35)27(14-22)20(3)36/h4-12,14-16,29H,3,13,17,36H2,1-2H3,(H,39,41)/t29-/m0/s1. The lowest BCUT2D eigenvalue weighted by atomic mass is 9.94. The lowest BCUT2D eigenvalue weighted by Gasteiger charge is -2.22. The Morgan fingerprint density at radius 1 is 1.02 bits per heavy atom. The summed E-state index contributed by atoms with van der Waals surface area (Å²) in [6, 6.07) is 14.3. The lowest BCUT2D eigenvalue weighted by Crippen LogP contribution is -2.34. The summed E-state index contributed by atoms with van der Waals surface area (Å²) in [6.07, 6.45) is 3.30. The van der Waals surface area contributed by atoms with Crippen LogP contribution in [-0.4, -0.2) is 20.7 Å². The number of aryl methyl sites for hydroxylation is 2. The third-order valence-corrected chi connectivity index (χ3v) is 7.04. The van der Waals surface area contributed by atoms with E-state index in [1.165, 1.54) is 18.2 Å². The van der Waals surface area contributed by atoms with Crippen molar-refractivity contribution in [2.75, 3.05) is 0 Å². The van der Waals surface area contributed by atoms with Crippen molar-refractivity contribution in [2.24, 2.45) is 5.73 Å². The number of nitrogens with zero attached hydrogens (tertiary/aromatic N) is 3. The number of benzene rings is 3. The molecule has 0 fully saturated rings. The number of fused-ring (bicyclic) bond motifs is 1. The summed E-state index contributed by atoms with van der Waals surface area (Å²) in [5, 5.41) is 8.29. The Hall–Kier alpha value is -4.92. The number of hydrogen-bond donors (Lipinski definition) is 2. The molecule has 0 aliphatic rings. The van der Waals surface area contributed by atoms with E-state index in [1.54, 1.807) is 41.3 Å². The van der Waals surface area contributed by atoms with E-state index in [9.17, 15) is 18.0 Å². The summed E-state index contributed by atoms with van der Waals surface area (Å²) >= 11 is 0. The third-order valence-electron chi connectivity index (χ3n) is 7.04. The molecular formula is C32H28F3N5O. The summed E-state index contributed by atoms with van der Waals surface area (Å²) in [5.41, 5.74) is 10.9. The van der Waals surface area contributed by atoms with Gasteiger partial charge in [0, 0.05) is 34.5 Å². The second-order valence-electron chi connectivity index (χ2n) is 10.1. The highest BCUT2D eigenvalue weighted by molar-refractivity contribution is 5.83. The quantitative estimate of drug-likeness (QED) is 0.240.